The normalized spacial score (nSPS) is 23.1. The maximum atomic E-state index is 12.0. The maximum absolute atomic E-state index is 12.0. The van der Waals surface area contributed by atoms with Crippen LogP contribution in [0.3, 0.4) is 0 Å². The minimum absolute atomic E-state index is 0.166. The average molecular weight is 348 g/mol. The molecule has 6 nitrogen and oxygen atoms in total. The number of hydrogen-bond acceptors (Lipinski definition) is 6. The molecule has 1 saturated carbocycles. The molecule has 1 saturated heterocycles. The zero-order chi connectivity index (χ0) is 16.8. The van der Waals surface area contributed by atoms with Crippen LogP contribution in [0.4, 0.5) is 0 Å². The Morgan fingerprint density at radius 1 is 1.21 bits per heavy atom. The first kappa shape index (κ1) is 15.8. The van der Waals surface area contributed by atoms with Crippen molar-refractivity contribution in [2.75, 3.05) is 19.5 Å². The van der Waals surface area contributed by atoms with Gasteiger partial charge in [-0.25, -0.2) is 8.42 Å². The highest BCUT2D eigenvalue weighted by Gasteiger charge is 2.53. The van der Waals surface area contributed by atoms with E-state index in [1.54, 1.807) is 0 Å². The molecule has 1 aliphatic heterocycles. The van der Waals surface area contributed by atoms with Crippen molar-refractivity contribution in [3.63, 3.8) is 0 Å². The minimum Gasteiger partial charge on any atom is -0.381 e. The fourth-order valence-electron chi connectivity index (χ4n) is 3.36. The molecule has 2 aromatic rings. The lowest BCUT2D eigenvalue weighted by Crippen LogP contribution is -2.19. The number of nitrogens with zero attached hydrogens (tertiary/aromatic N) is 2. The van der Waals surface area contributed by atoms with Gasteiger partial charge in [0.1, 0.15) is 0 Å². The van der Waals surface area contributed by atoms with E-state index in [4.69, 9.17) is 9.26 Å². The molecule has 1 aromatic heterocycles. The average Bonchev–Trinajstić information content (AvgIpc) is 3.27. The second-order valence-electron chi connectivity index (χ2n) is 6.71. The maximum Gasteiger partial charge on any atom is 0.232 e. The summed E-state index contributed by atoms with van der Waals surface area (Å²) in [6.45, 7) is 1.42. The fraction of sp³-hybridized carbons (Fsp3) is 0.529. The van der Waals surface area contributed by atoms with E-state index in [9.17, 15) is 8.42 Å². The molecule has 0 radical (unpaired) electrons. The van der Waals surface area contributed by atoms with Crippen LogP contribution in [-0.2, 0) is 19.3 Å². The topological polar surface area (TPSA) is 82.3 Å². The first-order valence-electron chi connectivity index (χ1n) is 8.21. The third kappa shape index (κ3) is 2.65. The van der Waals surface area contributed by atoms with Gasteiger partial charge in [-0.1, -0.05) is 29.4 Å². The van der Waals surface area contributed by atoms with Crippen molar-refractivity contribution in [3.05, 3.63) is 35.7 Å². The van der Waals surface area contributed by atoms with Crippen molar-refractivity contribution in [1.29, 1.82) is 0 Å². The third-order valence-electron chi connectivity index (χ3n) is 5.03. The lowest BCUT2D eigenvalue weighted by atomic mass is 10.0. The Morgan fingerprint density at radius 3 is 2.54 bits per heavy atom. The Hall–Kier alpha value is -1.73. The van der Waals surface area contributed by atoms with E-state index in [1.165, 1.54) is 6.26 Å². The van der Waals surface area contributed by atoms with Gasteiger partial charge < -0.3 is 9.26 Å². The highest BCUT2D eigenvalue weighted by atomic mass is 32.2. The molecule has 2 heterocycles. The summed E-state index contributed by atoms with van der Waals surface area (Å²) in [6, 6.07) is 7.46. The molecule has 2 aliphatic rings. The molecular weight excluding hydrogens is 328 g/mol. The van der Waals surface area contributed by atoms with Gasteiger partial charge in [0.15, 0.2) is 9.84 Å². The highest BCUT2D eigenvalue weighted by molar-refractivity contribution is 7.92. The van der Waals surface area contributed by atoms with Crippen LogP contribution < -0.4 is 0 Å². The van der Waals surface area contributed by atoms with Gasteiger partial charge in [0.05, 0.1) is 17.3 Å². The summed E-state index contributed by atoms with van der Waals surface area (Å²) in [6.07, 6.45) is 4.70. The first-order valence-corrected chi connectivity index (χ1v) is 10.1. The molecule has 4 rings (SSSR count). The van der Waals surface area contributed by atoms with Gasteiger partial charge in [-0.15, -0.1) is 0 Å². The van der Waals surface area contributed by atoms with Crippen LogP contribution in [0.15, 0.2) is 28.8 Å². The van der Waals surface area contributed by atoms with Crippen LogP contribution in [0.2, 0.25) is 0 Å². The van der Waals surface area contributed by atoms with Crippen LogP contribution in [0, 0.1) is 0 Å². The van der Waals surface area contributed by atoms with Gasteiger partial charge in [0.25, 0.3) is 0 Å². The standard InChI is InChI=1S/C17H20N2O4S/c1-24(20,21)17(8-9-17)14-6-4-12(5-7-14)15-18-16(23-19-15)13-3-2-10-22-11-13/h4-7,13H,2-3,8-11H2,1H3. The molecule has 1 unspecified atom stereocenters. The number of rotatable bonds is 4. The minimum atomic E-state index is -3.10. The van der Waals surface area contributed by atoms with E-state index in [0.717, 1.165) is 30.6 Å². The molecule has 0 amide bonds. The Morgan fingerprint density at radius 2 is 1.96 bits per heavy atom. The summed E-state index contributed by atoms with van der Waals surface area (Å²) in [5.41, 5.74) is 1.67. The molecule has 1 aromatic carbocycles. The van der Waals surface area contributed by atoms with E-state index < -0.39 is 14.6 Å². The van der Waals surface area contributed by atoms with E-state index in [2.05, 4.69) is 10.1 Å². The Labute approximate surface area is 141 Å². The van der Waals surface area contributed by atoms with Crippen molar-refractivity contribution in [2.24, 2.45) is 0 Å². The van der Waals surface area contributed by atoms with E-state index in [1.807, 2.05) is 24.3 Å². The molecule has 1 aliphatic carbocycles. The van der Waals surface area contributed by atoms with Crippen molar-refractivity contribution in [2.45, 2.75) is 36.3 Å². The molecule has 2 fully saturated rings. The largest absolute Gasteiger partial charge is 0.381 e. The van der Waals surface area contributed by atoms with Crippen LogP contribution >= 0.6 is 0 Å². The summed E-state index contributed by atoms with van der Waals surface area (Å²) in [4.78, 5) is 4.48. The summed E-state index contributed by atoms with van der Waals surface area (Å²) in [7, 11) is -3.10. The third-order valence-corrected chi connectivity index (χ3v) is 7.10. The lowest BCUT2D eigenvalue weighted by Gasteiger charge is -2.18. The quantitative estimate of drug-likeness (QED) is 0.845. The first-order chi connectivity index (χ1) is 11.5. The summed E-state index contributed by atoms with van der Waals surface area (Å²) < 4.78 is 34.2. The number of sulfone groups is 1. The number of ether oxygens (including phenoxy) is 1. The van der Waals surface area contributed by atoms with Crippen LogP contribution in [0.25, 0.3) is 11.4 Å². The Kier molecular flexibility index (Phi) is 3.73. The van der Waals surface area contributed by atoms with Crippen molar-refractivity contribution >= 4 is 9.84 Å². The van der Waals surface area contributed by atoms with Crippen LogP contribution in [0.5, 0.6) is 0 Å². The van der Waals surface area contributed by atoms with Crippen molar-refractivity contribution < 1.29 is 17.7 Å². The van der Waals surface area contributed by atoms with Gasteiger partial charge in [-0.3, -0.25) is 0 Å². The van der Waals surface area contributed by atoms with Crippen LogP contribution in [-0.4, -0.2) is 38.0 Å². The molecule has 24 heavy (non-hydrogen) atoms. The highest BCUT2D eigenvalue weighted by Crippen LogP contribution is 2.52. The molecule has 128 valence electrons. The number of hydrogen-bond donors (Lipinski definition) is 0. The van der Waals surface area contributed by atoms with Crippen molar-refractivity contribution in [1.82, 2.24) is 10.1 Å². The van der Waals surface area contributed by atoms with Crippen LogP contribution in [0.1, 0.15) is 43.1 Å². The SMILES string of the molecule is CS(=O)(=O)C1(c2ccc(-c3noc(C4CCCOC4)n3)cc2)CC1. The molecular formula is C17H20N2O4S. The Bertz CT molecular complexity index is 832. The van der Waals surface area contributed by atoms with Gasteiger partial charge in [-0.05, 0) is 31.2 Å². The zero-order valence-corrected chi connectivity index (χ0v) is 14.4. The monoisotopic (exact) mass is 348 g/mol. The molecule has 7 heteroatoms. The van der Waals surface area contributed by atoms with Gasteiger partial charge >= 0.3 is 0 Å². The smallest absolute Gasteiger partial charge is 0.232 e. The molecule has 0 N–H and O–H groups in total. The summed E-state index contributed by atoms with van der Waals surface area (Å²) in [5, 5.41) is 4.06. The second-order valence-corrected chi connectivity index (χ2v) is 9.04. The lowest BCUT2D eigenvalue weighted by molar-refractivity contribution is 0.0705. The number of benzene rings is 1. The fourth-order valence-corrected chi connectivity index (χ4v) is 4.77. The van der Waals surface area contributed by atoms with E-state index >= 15 is 0 Å². The molecule has 1 atom stereocenters. The second kappa shape index (κ2) is 5.67. The van der Waals surface area contributed by atoms with E-state index in [-0.39, 0.29) is 5.92 Å². The predicted octanol–water partition coefficient (Wildman–Crippen LogP) is 2.66. The summed E-state index contributed by atoms with van der Waals surface area (Å²) in [5.74, 6) is 1.31. The van der Waals surface area contributed by atoms with E-state index in [0.29, 0.717) is 31.2 Å². The summed E-state index contributed by atoms with van der Waals surface area (Å²) >= 11 is 0. The number of aromatic nitrogens is 2. The van der Waals surface area contributed by atoms with Gasteiger partial charge in [0, 0.05) is 18.4 Å². The molecule has 0 spiro atoms. The Balaban J connectivity index is 1.57. The predicted molar refractivity (Wildman–Crippen MR) is 88.3 cm³/mol. The zero-order valence-electron chi connectivity index (χ0n) is 13.6. The van der Waals surface area contributed by atoms with Gasteiger partial charge in [0.2, 0.25) is 11.7 Å². The molecule has 0 bridgehead atoms. The van der Waals surface area contributed by atoms with Gasteiger partial charge in [-0.2, -0.15) is 4.98 Å². The van der Waals surface area contributed by atoms with Crippen molar-refractivity contribution in [3.8, 4) is 11.4 Å².